The van der Waals surface area contributed by atoms with Gasteiger partial charge in [-0.05, 0) is 12.5 Å². The van der Waals surface area contributed by atoms with Crippen LogP contribution in [-0.4, -0.2) is 18.4 Å². The fraction of sp³-hybridized carbons (Fsp3) is 0.857. The second kappa shape index (κ2) is 2.93. The molecular formula is C7H18N2OS. The van der Waals surface area contributed by atoms with Crippen LogP contribution in [0.1, 0.15) is 20.8 Å². The van der Waals surface area contributed by atoms with Gasteiger partial charge >= 0.3 is 0 Å². The molecule has 0 saturated carbocycles. The quantitative estimate of drug-likeness (QED) is 0.515. The lowest BCUT2D eigenvalue weighted by atomic mass is 9.96. The van der Waals surface area contributed by atoms with Gasteiger partial charge in [0.05, 0.1) is 0 Å². The smallest absolute Gasteiger partial charge is 0.234 e. The van der Waals surface area contributed by atoms with Gasteiger partial charge in [-0.3, -0.25) is 9.57 Å². The first-order valence-electron chi connectivity index (χ1n) is 3.55. The standard InChI is InChI=1S/C7H18N2OS/c1-7(2,3)6(10)9-11(4,5)8/h11H,1-5H3,(H2,8,9,10). The Morgan fingerprint density at radius 1 is 1.36 bits per heavy atom. The Hall–Kier alpha value is -0.380. The van der Waals surface area contributed by atoms with Crippen LogP contribution >= 0.6 is 0 Å². The van der Waals surface area contributed by atoms with Crippen molar-refractivity contribution >= 4 is 15.9 Å². The SMILES string of the molecule is CC(C)(C)C(=O)N[SH](C)(C)=N. The van der Waals surface area contributed by atoms with Crippen molar-refractivity contribution in [2.24, 2.45) is 5.41 Å². The van der Waals surface area contributed by atoms with Gasteiger partial charge in [0.2, 0.25) is 5.91 Å². The molecule has 1 amide bonds. The normalized spacial score (nSPS) is 14.3. The molecule has 0 heterocycles. The van der Waals surface area contributed by atoms with Crippen LogP contribution in [0.15, 0.2) is 0 Å². The maximum Gasteiger partial charge on any atom is 0.234 e. The van der Waals surface area contributed by atoms with Gasteiger partial charge in [-0.15, -0.1) is 10.0 Å². The lowest BCUT2D eigenvalue weighted by Gasteiger charge is -2.24. The van der Waals surface area contributed by atoms with Crippen molar-refractivity contribution in [2.45, 2.75) is 20.8 Å². The fourth-order valence-electron chi connectivity index (χ4n) is 0.422. The third-order valence-corrected chi connectivity index (χ3v) is 1.82. The Kier molecular flexibility index (Phi) is 2.83. The van der Waals surface area contributed by atoms with E-state index in [2.05, 4.69) is 4.72 Å². The van der Waals surface area contributed by atoms with Gasteiger partial charge in [-0.25, -0.2) is 0 Å². The average Bonchev–Trinajstić information content (AvgIpc) is 1.56. The van der Waals surface area contributed by atoms with Crippen molar-refractivity contribution in [3.63, 3.8) is 0 Å². The summed E-state index contributed by atoms with van der Waals surface area (Å²) in [5.41, 5.74) is -0.377. The molecule has 0 unspecified atom stereocenters. The Morgan fingerprint density at radius 2 is 1.73 bits per heavy atom. The molecule has 0 fully saturated rings. The van der Waals surface area contributed by atoms with Gasteiger partial charge in [0.25, 0.3) is 0 Å². The Bertz CT molecular complexity index is 199. The van der Waals surface area contributed by atoms with E-state index in [1.807, 2.05) is 20.8 Å². The van der Waals surface area contributed by atoms with Crippen molar-refractivity contribution < 1.29 is 4.79 Å². The number of nitrogens with one attached hydrogen (secondary N) is 2. The Balaban J connectivity index is 4.23. The number of carbonyl (C=O) groups excluding carboxylic acids is 1. The van der Waals surface area contributed by atoms with Crippen LogP contribution in [0.2, 0.25) is 0 Å². The van der Waals surface area contributed by atoms with Crippen molar-refractivity contribution in [3.05, 3.63) is 0 Å². The van der Waals surface area contributed by atoms with E-state index in [1.54, 1.807) is 12.5 Å². The van der Waals surface area contributed by atoms with Crippen LogP contribution < -0.4 is 4.72 Å². The lowest BCUT2D eigenvalue weighted by Crippen LogP contribution is -2.40. The topological polar surface area (TPSA) is 53.0 Å². The van der Waals surface area contributed by atoms with Gasteiger partial charge < -0.3 is 4.72 Å². The highest BCUT2D eigenvalue weighted by Crippen LogP contribution is 2.13. The van der Waals surface area contributed by atoms with Crippen LogP contribution in [0, 0.1) is 10.2 Å². The van der Waals surface area contributed by atoms with E-state index in [0.29, 0.717) is 0 Å². The Morgan fingerprint density at radius 3 is 1.82 bits per heavy atom. The van der Waals surface area contributed by atoms with E-state index in [0.717, 1.165) is 0 Å². The molecular weight excluding hydrogens is 160 g/mol. The molecule has 0 rings (SSSR count). The molecule has 0 aliphatic rings. The van der Waals surface area contributed by atoms with E-state index in [1.165, 1.54) is 0 Å². The first-order chi connectivity index (χ1) is 4.63. The second-order valence-corrected chi connectivity index (χ2v) is 7.27. The van der Waals surface area contributed by atoms with Crippen molar-refractivity contribution in [1.29, 1.82) is 4.78 Å². The monoisotopic (exact) mass is 178 g/mol. The van der Waals surface area contributed by atoms with E-state index in [4.69, 9.17) is 4.78 Å². The van der Waals surface area contributed by atoms with Crippen LogP contribution in [0.5, 0.6) is 0 Å². The second-order valence-electron chi connectivity index (χ2n) is 4.14. The van der Waals surface area contributed by atoms with Gasteiger partial charge in [0.1, 0.15) is 0 Å². The molecule has 0 atom stereocenters. The molecule has 0 radical (unpaired) electrons. The highest BCUT2D eigenvalue weighted by Gasteiger charge is 2.21. The minimum atomic E-state index is -1.92. The molecule has 0 aromatic rings. The summed E-state index contributed by atoms with van der Waals surface area (Å²) in [5, 5.41) is 0. The first kappa shape index (κ1) is 10.6. The summed E-state index contributed by atoms with van der Waals surface area (Å²) in [7, 11) is -1.92. The minimum Gasteiger partial charge on any atom is -0.312 e. The van der Waals surface area contributed by atoms with Crippen molar-refractivity contribution in [2.75, 3.05) is 12.5 Å². The van der Waals surface area contributed by atoms with E-state index < -0.39 is 10.0 Å². The minimum absolute atomic E-state index is 0.0363. The molecule has 0 aromatic carbocycles. The summed E-state index contributed by atoms with van der Waals surface area (Å²) in [6.45, 7) is 5.54. The van der Waals surface area contributed by atoms with Crippen LogP contribution in [0.4, 0.5) is 0 Å². The molecule has 3 nitrogen and oxygen atoms in total. The third kappa shape index (κ3) is 4.95. The van der Waals surface area contributed by atoms with Gasteiger partial charge in [-0.1, -0.05) is 20.8 Å². The molecule has 0 saturated heterocycles. The highest BCUT2D eigenvalue weighted by molar-refractivity contribution is 8.01. The van der Waals surface area contributed by atoms with Gasteiger partial charge in [0, 0.05) is 5.41 Å². The zero-order chi connectivity index (χ0) is 9.28. The number of rotatable bonds is 1. The molecule has 2 N–H and O–H groups in total. The van der Waals surface area contributed by atoms with E-state index in [9.17, 15) is 4.79 Å². The fourth-order valence-corrected chi connectivity index (χ4v) is 1.26. The summed E-state index contributed by atoms with van der Waals surface area (Å²) < 4.78 is 10.2. The Labute approximate surface area is 69.6 Å². The van der Waals surface area contributed by atoms with Crippen LogP contribution in [-0.2, 0) is 14.8 Å². The summed E-state index contributed by atoms with van der Waals surface area (Å²) >= 11 is 0. The molecule has 0 spiro atoms. The zero-order valence-electron chi connectivity index (χ0n) is 7.86. The van der Waals surface area contributed by atoms with E-state index >= 15 is 0 Å². The van der Waals surface area contributed by atoms with Crippen molar-refractivity contribution in [1.82, 2.24) is 4.72 Å². The third-order valence-electron chi connectivity index (χ3n) is 1.06. The maximum absolute atomic E-state index is 11.3. The maximum atomic E-state index is 11.3. The predicted octanol–water partition coefficient (Wildman–Crippen LogP) is 0.972. The number of thiol groups is 1. The number of amides is 1. The van der Waals surface area contributed by atoms with Gasteiger partial charge in [-0.2, -0.15) is 0 Å². The van der Waals surface area contributed by atoms with E-state index in [-0.39, 0.29) is 11.3 Å². The molecule has 0 bridgehead atoms. The highest BCUT2D eigenvalue weighted by atomic mass is 32.2. The van der Waals surface area contributed by atoms with Crippen LogP contribution in [0.25, 0.3) is 0 Å². The number of hydrogen-bond acceptors (Lipinski definition) is 2. The van der Waals surface area contributed by atoms with Crippen molar-refractivity contribution in [3.8, 4) is 0 Å². The zero-order valence-corrected chi connectivity index (χ0v) is 8.75. The number of carbonyl (C=O) groups is 1. The summed E-state index contributed by atoms with van der Waals surface area (Å²) in [5.74, 6) is -0.0363. The summed E-state index contributed by atoms with van der Waals surface area (Å²) in [6.07, 6.45) is 3.52. The summed E-state index contributed by atoms with van der Waals surface area (Å²) in [4.78, 5) is 11.3. The number of hydrogen-bond donors (Lipinski definition) is 3. The molecule has 0 aliphatic carbocycles. The average molecular weight is 178 g/mol. The van der Waals surface area contributed by atoms with Gasteiger partial charge in [0.15, 0.2) is 0 Å². The molecule has 0 aliphatic heterocycles. The first-order valence-corrected chi connectivity index (χ1v) is 6.23. The molecule has 11 heavy (non-hydrogen) atoms. The van der Waals surface area contributed by atoms with Crippen LogP contribution in [0.3, 0.4) is 0 Å². The molecule has 0 aromatic heterocycles. The lowest BCUT2D eigenvalue weighted by molar-refractivity contribution is -0.126. The molecule has 4 heteroatoms. The largest absolute Gasteiger partial charge is 0.312 e. The predicted molar refractivity (Wildman–Crippen MR) is 50.9 cm³/mol. The summed E-state index contributed by atoms with van der Waals surface area (Å²) in [6, 6.07) is 0. The molecule has 68 valence electrons.